The number of benzene rings is 2. The van der Waals surface area contributed by atoms with Gasteiger partial charge in [-0.2, -0.15) is 9.40 Å². The van der Waals surface area contributed by atoms with E-state index in [2.05, 4.69) is 10.4 Å². The van der Waals surface area contributed by atoms with Crippen LogP contribution in [0.25, 0.3) is 0 Å². The summed E-state index contributed by atoms with van der Waals surface area (Å²) in [7, 11) is -3.69. The molecular formula is C22H22N4O5S. The highest BCUT2D eigenvalue weighted by molar-refractivity contribution is 7.89. The van der Waals surface area contributed by atoms with Gasteiger partial charge in [0.25, 0.3) is 11.5 Å². The van der Waals surface area contributed by atoms with Crippen molar-refractivity contribution in [1.29, 1.82) is 0 Å². The van der Waals surface area contributed by atoms with Crippen LogP contribution in [-0.4, -0.2) is 54.7 Å². The lowest BCUT2D eigenvalue weighted by Crippen LogP contribution is -2.40. The fraction of sp³-hybridized carbons (Fsp3) is 0.227. The number of nitrogens with zero attached hydrogens (tertiary/aromatic N) is 3. The quantitative estimate of drug-likeness (QED) is 0.605. The Balaban J connectivity index is 1.53. The molecule has 0 radical (unpaired) electrons. The number of amides is 1. The number of nitrogens with one attached hydrogen (secondary N) is 1. The van der Waals surface area contributed by atoms with Gasteiger partial charge >= 0.3 is 0 Å². The molecule has 0 atom stereocenters. The van der Waals surface area contributed by atoms with E-state index in [9.17, 15) is 18.0 Å². The molecule has 1 fully saturated rings. The number of hydrogen-bond donors (Lipinski definition) is 1. The fourth-order valence-electron chi connectivity index (χ4n) is 3.31. The van der Waals surface area contributed by atoms with Crippen LogP contribution in [0.5, 0.6) is 0 Å². The molecule has 2 aromatic carbocycles. The lowest BCUT2D eigenvalue weighted by molar-refractivity contribution is 0.0730. The third-order valence-electron chi connectivity index (χ3n) is 4.97. The van der Waals surface area contributed by atoms with E-state index < -0.39 is 15.9 Å². The predicted molar refractivity (Wildman–Crippen MR) is 118 cm³/mol. The summed E-state index contributed by atoms with van der Waals surface area (Å²) < 4.78 is 33.5. The average molecular weight is 455 g/mol. The topological polar surface area (TPSA) is 111 Å². The molecule has 32 heavy (non-hydrogen) atoms. The van der Waals surface area contributed by atoms with Gasteiger partial charge < -0.3 is 10.1 Å². The smallest absolute Gasteiger partial charge is 0.276 e. The Morgan fingerprint density at radius 3 is 2.50 bits per heavy atom. The van der Waals surface area contributed by atoms with Crippen LogP contribution in [0.15, 0.2) is 76.4 Å². The zero-order valence-corrected chi connectivity index (χ0v) is 18.0. The van der Waals surface area contributed by atoms with E-state index in [1.54, 1.807) is 12.1 Å². The Morgan fingerprint density at radius 2 is 1.75 bits per heavy atom. The van der Waals surface area contributed by atoms with Crippen molar-refractivity contribution in [2.24, 2.45) is 0 Å². The largest absolute Gasteiger partial charge is 0.379 e. The number of ether oxygens (including phenoxy) is 1. The molecule has 4 rings (SSSR count). The van der Waals surface area contributed by atoms with Gasteiger partial charge in [0.15, 0.2) is 0 Å². The summed E-state index contributed by atoms with van der Waals surface area (Å²) >= 11 is 0. The molecule has 2 heterocycles. The van der Waals surface area contributed by atoms with E-state index in [4.69, 9.17) is 4.74 Å². The number of aromatic nitrogens is 2. The maximum atomic E-state index is 12.9. The standard InChI is InChI=1S/C22H22N4O5S/c27-21-10-9-20(24-26(21)16-17-5-2-1-3-6-17)22(28)23-18-7-4-8-19(15-18)32(29,30)25-11-13-31-14-12-25/h1-10,15H,11-14,16H2,(H,23,28). The number of morpholine rings is 1. The molecule has 0 saturated carbocycles. The van der Waals surface area contributed by atoms with Gasteiger partial charge in [0.1, 0.15) is 5.69 Å². The first-order chi connectivity index (χ1) is 15.4. The van der Waals surface area contributed by atoms with Gasteiger partial charge in [-0.05, 0) is 29.8 Å². The zero-order valence-electron chi connectivity index (χ0n) is 17.2. The first-order valence-corrected chi connectivity index (χ1v) is 11.5. The molecule has 0 spiro atoms. The van der Waals surface area contributed by atoms with Crippen molar-refractivity contribution in [3.05, 3.63) is 88.3 Å². The Labute approximate surface area is 185 Å². The maximum absolute atomic E-state index is 12.9. The third kappa shape index (κ3) is 4.93. The molecule has 0 aliphatic carbocycles. The number of sulfonamides is 1. The highest BCUT2D eigenvalue weighted by atomic mass is 32.2. The lowest BCUT2D eigenvalue weighted by atomic mass is 10.2. The summed E-state index contributed by atoms with van der Waals surface area (Å²) in [5.74, 6) is -0.548. The lowest BCUT2D eigenvalue weighted by Gasteiger charge is -2.26. The predicted octanol–water partition coefficient (Wildman–Crippen LogP) is 1.56. The van der Waals surface area contributed by atoms with Crippen molar-refractivity contribution in [2.75, 3.05) is 31.6 Å². The first kappa shape index (κ1) is 21.9. The van der Waals surface area contributed by atoms with Gasteiger partial charge in [0.05, 0.1) is 24.7 Å². The average Bonchev–Trinajstić information content (AvgIpc) is 2.82. The van der Waals surface area contributed by atoms with E-state index in [1.165, 1.54) is 33.3 Å². The molecule has 1 aliphatic heterocycles. The number of carbonyl (C=O) groups excluding carboxylic acids is 1. The van der Waals surface area contributed by atoms with Crippen LogP contribution in [0.1, 0.15) is 16.1 Å². The summed E-state index contributed by atoms with van der Waals surface area (Å²) in [6.07, 6.45) is 0. The van der Waals surface area contributed by atoms with Crippen LogP contribution in [0.4, 0.5) is 5.69 Å². The van der Waals surface area contributed by atoms with Gasteiger partial charge in [-0.15, -0.1) is 0 Å². The fourth-order valence-corrected chi connectivity index (χ4v) is 4.76. The Kier molecular flexibility index (Phi) is 6.45. The minimum atomic E-state index is -3.69. The molecule has 0 unspecified atom stereocenters. The summed E-state index contributed by atoms with van der Waals surface area (Å²) in [4.78, 5) is 25.0. The highest BCUT2D eigenvalue weighted by Crippen LogP contribution is 2.21. The third-order valence-corrected chi connectivity index (χ3v) is 6.87. The number of rotatable bonds is 6. The molecule has 1 N–H and O–H groups in total. The van der Waals surface area contributed by atoms with Gasteiger partial charge in [-0.3, -0.25) is 9.59 Å². The maximum Gasteiger partial charge on any atom is 0.276 e. The van der Waals surface area contributed by atoms with Crippen LogP contribution < -0.4 is 10.9 Å². The molecule has 1 aromatic heterocycles. The second-order valence-electron chi connectivity index (χ2n) is 7.20. The summed E-state index contributed by atoms with van der Waals surface area (Å²) in [6.45, 7) is 1.49. The molecule has 10 heteroatoms. The monoisotopic (exact) mass is 454 g/mol. The molecule has 1 aliphatic rings. The van der Waals surface area contributed by atoms with Crippen LogP contribution in [0.3, 0.4) is 0 Å². The van der Waals surface area contributed by atoms with Crippen molar-refractivity contribution >= 4 is 21.6 Å². The summed E-state index contributed by atoms with van der Waals surface area (Å²) in [5, 5.41) is 6.82. The van der Waals surface area contributed by atoms with Crippen LogP contribution in [0, 0.1) is 0 Å². The van der Waals surface area contributed by atoms with E-state index in [0.717, 1.165) is 5.56 Å². The van der Waals surface area contributed by atoms with E-state index in [1.807, 2.05) is 30.3 Å². The van der Waals surface area contributed by atoms with Gasteiger partial charge in [0, 0.05) is 24.8 Å². The minimum absolute atomic E-state index is 0.0435. The van der Waals surface area contributed by atoms with Crippen LogP contribution >= 0.6 is 0 Å². The molecular weight excluding hydrogens is 432 g/mol. The van der Waals surface area contributed by atoms with Crippen molar-refractivity contribution in [1.82, 2.24) is 14.1 Å². The second kappa shape index (κ2) is 9.43. The Bertz CT molecular complexity index is 1270. The highest BCUT2D eigenvalue weighted by Gasteiger charge is 2.26. The van der Waals surface area contributed by atoms with E-state index in [-0.39, 0.29) is 35.8 Å². The van der Waals surface area contributed by atoms with Crippen LogP contribution in [0.2, 0.25) is 0 Å². The Hall–Kier alpha value is -3.34. The molecule has 9 nitrogen and oxygen atoms in total. The van der Waals surface area contributed by atoms with E-state index >= 15 is 0 Å². The normalized spacial score (nSPS) is 14.8. The molecule has 0 bridgehead atoms. The van der Waals surface area contributed by atoms with Gasteiger partial charge in [-0.1, -0.05) is 36.4 Å². The van der Waals surface area contributed by atoms with Crippen molar-refractivity contribution in [3.8, 4) is 0 Å². The Morgan fingerprint density at radius 1 is 1.00 bits per heavy atom. The number of carbonyl (C=O) groups is 1. The van der Waals surface area contributed by atoms with Crippen LogP contribution in [-0.2, 0) is 21.3 Å². The summed E-state index contributed by atoms with van der Waals surface area (Å²) in [5.41, 5.74) is 0.901. The van der Waals surface area contributed by atoms with E-state index in [0.29, 0.717) is 18.9 Å². The minimum Gasteiger partial charge on any atom is -0.379 e. The van der Waals surface area contributed by atoms with Gasteiger partial charge in [0.2, 0.25) is 10.0 Å². The second-order valence-corrected chi connectivity index (χ2v) is 9.14. The van der Waals surface area contributed by atoms with Crippen molar-refractivity contribution < 1.29 is 17.9 Å². The summed E-state index contributed by atoms with van der Waals surface area (Å²) in [6, 6.07) is 18.0. The molecule has 1 amide bonds. The molecule has 1 saturated heterocycles. The first-order valence-electron chi connectivity index (χ1n) is 10.0. The number of anilines is 1. The van der Waals surface area contributed by atoms with Crippen molar-refractivity contribution in [3.63, 3.8) is 0 Å². The van der Waals surface area contributed by atoms with Gasteiger partial charge in [-0.25, -0.2) is 13.1 Å². The molecule has 166 valence electrons. The number of hydrogen-bond acceptors (Lipinski definition) is 6. The van der Waals surface area contributed by atoms with Crippen molar-refractivity contribution in [2.45, 2.75) is 11.4 Å². The SMILES string of the molecule is O=C(Nc1cccc(S(=O)(=O)N2CCOCC2)c1)c1ccc(=O)n(Cc2ccccc2)n1. The zero-order chi connectivity index (χ0) is 22.6. The molecule has 3 aromatic rings.